The Kier molecular flexibility index (Phi) is 5.22. The largest absolute Gasteiger partial charge is 0.396 e. The maximum absolute atomic E-state index is 9.22. The zero-order chi connectivity index (χ0) is 12.2. The van der Waals surface area contributed by atoms with Gasteiger partial charge in [0.15, 0.2) is 0 Å². The van der Waals surface area contributed by atoms with Crippen LogP contribution in [0.3, 0.4) is 0 Å². The minimum Gasteiger partial charge on any atom is -0.396 e. The molecule has 1 fully saturated rings. The third-order valence-corrected chi connectivity index (χ3v) is 3.53. The van der Waals surface area contributed by atoms with Crippen molar-refractivity contribution in [2.45, 2.75) is 26.7 Å². The van der Waals surface area contributed by atoms with Crippen molar-refractivity contribution in [2.24, 2.45) is 11.3 Å². The molecule has 16 heavy (non-hydrogen) atoms. The predicted octanol–water partition coefficient (Wildman–Crippen LogP) is 1.28. The summed E-state index contributed by atoms with van der Waals surface area (Å²) in [6, 6.07) is 0. The molecule has 1 N–H and O–H groups in total. The maximum atomic E-state index is 9.22. The molecule has 0 bridgehead atoms. The smallest absolute Gasteiger partial charge is 0.0494 e. The molecule has 1 aliphatic heterocycles. The summed E-state index contributed by atoms with van der Waals surface area (Å²) in [5, 5.41) is 9.22. The van der Waals surface area contributed by atoms with E-state index in [4.69, 9.17) is 0 Å². The summed E-state index contributed by atoms with van der Waals surface area (Å²) in [7, 11) is 4.37. The molecule has 0 saturated carbocycles. The summed E-state index contributed by atoms with van der Waals surface area (Å²) in [6.07, 6.45) is 2.65. The fourth-order valence-electron chi connectivity index (χ4n) is 2.52. The van der Waals surface area contributed by atoms with Crippen molar-refractivity contribution >= 4 is 0 Å². The Labute approximate surface area is 100 Å². The molecule has 1 aliphatic rings. The molecular weight excluding hydrogens is 200 g/mol. The highest BCUT2D eigenvalue weighted by Crippen LogP contribution is 2.19. The van der Waals surface area contributed by atoms with Crippen LogP contribution >= 0.6 is 0 Å². The molecule has 1 rings (SSSR count). The molecular formula is C13H28N2O. The number of hydrogen-bond acceptors (Lipinski definition) is 3. The van der Waals surface area contributed by atoms with Crippen LogP contribution in [-0.2, 0) is 0 Å². The lowest BCUT2D eigenvalue weighted by Gasteiger charge is -2.29. The molecule has 0 spiro atoms. The molecule has 1 heterocycles. The van der Waals surface area contributed by atoms with E-state index in [0.717, 1.165) is 19.0 Å². The van der Waals surface area contributed by atoms with Crippen molar-refractivity contribution in [3.05, 3.63) is 0 Å². The predicted molar refractivity (Wildman–Crippen MR) is 68.6 cm³/mol. The third kappa shape index (κ3) is 4.81. The molecule has 0 aromatic heterocycles. The van der Waals surface area contributed by atoms with Crippen LogP contribution in [0.5, 0.6) is 0 Å². The first-order valence-corrected chi connectivity index (χ1v) is 6.41. The summed E-state index contributed by atoms with van der Waals surface area (Å²) < 4.78 is 0. The lowest BCUT2D eigenvalue weighted by atomic mass is 9.94. The van der Waals surface area contributed by atoms with Crippen LogP contribution in [0.1, 0.15) is 26.7 Å². The lowest BCUT2D eigenvalue weighted by Crippen LogP contribution is -2.35. The topological polar surface area (TPSA) is 26.7 Å². The second-order valence-electron chi connectivity index (χ2n) is 6.27. The van der Waals surface area contributed by atoms with Crippen molar-refractivity contribution in [1.82, 2.24) is 9.80 Å². The molecule has 0 aromatic rings. The number of hydrogen-bond donors (Lipinski definition) is 1. The molecule has 0 aromatic carbocycles. The van der Waals surface area contributed by atoms with E-state index in [0.29, 0.717) is 0 Å². The molecule has 3 nitrogen and oxygen atoms in total. The SMILES string of the molecule is CN1CCC(CCN(C)CC(C)(C)CO)C1. The molecule has 0 radical (unpaired) electrons. The maximum Gasteiger partial charge on any atom is 0.0494 e. The van der Waals surface area contributed by atoms with E-state index in [1.807, 2.05) is 0 Å². The van der Waals surface area contributed by atoms with E-state index >= 15 is 0 Å². The summed E-state index contributed by atoms with van der Waals surface area (Å²) in [5.74, 6) is 0.879. The average Bonchev–Trinajstić information content (AvgIpc) is 2.61. The van der Waals surface area contributed by atoms with Gasteiger partial charge in [0, 0.05) is 25.1 Å². The number of aliphatic hydroxyl groups excluding tert-OH is 1. The van der Waals surface area contributed by atoms with E-state index in [-0.39, 0.29) is 12.0 Å². The minimum absolute atomic E-state index is 0.0290. The van der Waals surface area contributed by atoms with Gasteiger partial charge in [0.05, 0.1) is 0 Å². The van der Waals surface area contributed by atoms with Crippen molar-refractivity contribution in [3.8, 4) is 0 Å². The van der Waals surface area contributed by atoms with Gasteiger partial charge < -0.3 is 14.9 Å². The molecule has 1 unspecified atom stereocenters. The lowest BCUT2D eigenvalue weighted by molar-refractivity contribution is 0.112. The first-order chi connectivity index (χ1) is 7.43. The van der Waals surface area contributed by atoms with Gasteiger partial charge in [-0.3, -0.25) is 0 Å². The van der Waals surface area contributed by atoms with Gasteiger partial charge in [-0.15, -0.1) is 0 Å². The van der Waals surface area contributed by atoms with Crippen LogP contribution in [-0.4, -0.2) is 61.8 Å². The van der Waals surface area contributed by atoms with Gasteiger partial charge in [-0.2, -0.15) is 0 Å². The number of rotatable bonds is 6. The third-order valence-electron chi connectivity index (χ3n) is 3.53. The second-order valence-corrected chi connectivity index (χ2v) is 6.27. The Bertz CT molecular complexity index is 206. The minimum atomic E-state index is 0.0290. The van der Waals surface area contributed by atoms with Crippen LogP contribution in [0.15, 0.2) is 0 Å². The highest BCUT2D eigenvalue weighted by Gasteiger charge is 2.22. The Morgan fingerprint density at radius 2 is 2.12 bits per heavy atom. The number of nitrogens with zero attached hydrogens (tertiary/aromatic N) is 2. The fraction of sp³-hybridized carbons (Fsp3) is 1.00. The van der Waals surface area contributed by atoms with E-state index in [1.165, 1.54) is 25.9 Å². The Hall–Kier alpha value is -0.120. The van der Waals surface area contributed by atoms with Gasteiger partial charge in [-0.1, -0.05) is 13.8 Å². The van der Waals surface area contributed by atoms with Gasteiger partial charge in [-0.05, 0) is 45.9 Å². The molecule has 0 amide bonds. The highest BCUT2D eigenvalue weighted by molar-refractivity contribution is 4.76. The number of aliphatic hydroxyl groups is 1. The molecule has 1 atom stereocenters. The van der Waals surface area contributed by atoms with Crippen molar-refractivity contribution in [3.63, 3.8) is 0 Å². The molecule has 96 valence electrons. The van der Waals surface area contributed by atoms with E-state index < -0.39 is 0 Å². The molecule has 3 heteroatoms. The van der Waals surface area contributed by atoms with Gasteiger partial charge in [0.2, 0.25) is 0 Å². The van der Waals surface area contributed by atoms with E-state index in [2.05, 4.69) is 37.7 Å². The Morgan fingerprint density at radius 3 is 2.62 bits per heavy atom. The Balaban J connectivity index is 2.17. The van der Waals surface area contributed by atoms with E-state index in [9.17, 15) is 5.11 Å². The van der Waals surface area contributed by atoms with Crippen molar-refractivity contribution in [1.29, 1.82) is 0 Å². The van der Waals surface area contributed by atoms with Gasteiger partial charge >= 0.3 is 0 Å². The molecule has 0 aliphatic carbocycles. The van der Waals surface area contributed by atoms with Crippen LogP contribution in [0.25, 0.3) is 0 Å². The zero-order valence-corrected chi connectivity index (χ0v) is 11.4. The van der Waals surface area contributed by atoms with Gasteiger partial charge in [0.1, 0.15) is 0 Å². The molecule has 1 saturated heterocycles. The zero-order valence-electron chi connectivity index (χ0n) is 11.4. The normalized spacial score (nSPS) is 23.2. The second kappa shape index (κ2) is 5.99. The monoisotopic (exact) mass is 228 g/mol. The quantitative estimate of drug-likeness (QED) is 0.742. The van der Waals surface area contributed by atoms with Crippen molar-refractivity contribution < 1.29 is 5.11 Å². The van der Waals surface area contributed by atoms with Crippen LogP contribution < -0.4 is 0 Å². The first kappa shape index (κ1) is 13.9. The summed E-state index contributed by atoms with van der Waals surface area (Å²) in [5.41, 5.74) is 0.0290. The first-order valence-electron chi connectivity index (χ1n) is 6.41. The van der Waals surface area contributed by atoms with E-state index in [1.54, 1.807) is 0 Å². The van der Waals surface area contributed by atoms with Crippen LogP contribution in [0.2, 0.25) is 0 Å². The highest BCUT2D eigenvalue weighted by atomic mass is 16.3. The summed E-state index contributed by atoms with van der Waals surface area (Å²) in [4.78, 5) is 4.77. The van der Waals surface area contributed by atoms with Gasteiger partial charge in [-0.25, -0.2) is 0 Å². The average molecular weight is 228 g/mol. The fourth-order valence-corrected chi connectivity index (χ4v) is 2.52. The van der Waals surface area contributed by atoms with Crippen LogP contribution in [0.4, 0.5) is 0 Å². The summed E-state index contributed by atoms with van der Waals surface area (Å²) in [6.45, 7) is 9.16. The van der Waals surface area contributed by atoms with Gasteiger partial charge in [0.25, 0.3) is 0 Å². The van der Waals surface area contributed by atoms with Crippen molar-refractivity contribution in [2.75, 3.05) is 46.9 Å². The van der Waals surface area contributed by atoms with Crippen LogP contribution in [0, 0.1) is 11.3 Å². The summed E-state index contributed by atoms with van der Waals surface area (Å²) >= 11 is 0. The number of likely N-dealkylation sites (tertiary alicyclic amines) is 1. The Morgan fingerprint density at radius 1 is 1.44 bits per heavy atom. The standard InChI is InChI=1S/C13H28N2O/c1-13(2,11-16)10-15(4)8-6-12-5-7-14(3)9-12/h12,16H,5-11H2,1-4H3.